The minimum absolute atomic E-state index is 0.0169. The number of aliphatic imine (C=N–C) groups is 1. The predicted molar refractivity (Wildman–Crippen MR) is 55.7 cm³/mol. The second-order valence-electron chi connectivity index (χ2n) is 3.93. The van der Waals surface area contributed by atoms with E-state index in [9.17, 15) is 13.2 Å². The van der Waals surface area contributed by atoms with Gasteiger partial charge in [-0.2, -0.15) is 13.2 Å². The topological polar surface area (TPSA) is 62.4 Å². The maximum atomic E-state index is 12.6. The first-order chi connectivity index (χ1) is 7.45. The van der Waals surface area contributed by atoms with E-state index in [1.165, 1.54) is 0 Å². The smallest absolute Gasteiger partial charge is 0.341 e. The van der Waals surface area contributed by atoms with Gasteiger partial charge >= 0.3 is 6.18 Å². The van der Waals surface area contributed by atoms with Gasteiger partial charge in [-0.1, -0.05) is 13.3 Å². The summed E-state index contributed by atoms with van der Waals surface area (Å²) in [6.45, 7) is 2.45. The fourth-order valence-electron chi connectivity index (χ4n) is 1.30. The van der Waals surface area contributed by atoms with Gasteiger partial charge in [0.05, 0.1) is 0 Å². The largest absolute Gasteiger partial charge is 0.411 e. The van der Waals surface area contributed by atoms with Crippen LogP contribution in [0.3, 0.4) is 0 Å². The Morgan fingerprint density at radius 3 is 2.44 bits per heavy atom. The van der Waals surface area contributed by atoms with Crippen LogP contribution in [0.25, 0.3) is 0 Å². The summed E-state index contributed by atoms with van der Waals surface area (Å²) in [7, 11) is 0. The number of hydrogen-bond acceptors (Lipinski definition) is 2. The Morgan fingerprint density at radius 2 is 2.06 bits per heavy atom. The van der Waals surface area contributed by atoms with Crippen molar-refractivity contribution < 1.29 is 13.2 Å². The van der Waals surface area contributed by atoms with E-state index in [2.05, 4.69) is 15.7 Å². The zero-order chi connectivity index (χ0) is 12.2. The van der Waals surface area contributed by atoms with Crippen molar-refractivity contribution in [3.63, 3.8) is 0 Å². The molecule has 0 radical (unpaired) electrons. The third-order valence-electron chi connectivity index (χ3n) is 2.57. The minimum atomic E-state index is -4.25. The summed E-state index contributed by atoms with van der Waals surface area (Å²) in [4.78, 5) is 3.94. The molecule has 0 saturated heterocycles. The summed E-state index contributed by atoms with van der Waals surface area (Å²) < 4.78 is 37.8. The van der Waals surface area contributed by atoms with Gasteiger partial charge in [0.15, 0.2) is 0 Å². The van der Waals surface area contributed by atoms with Crippen LogP contribution in [-0.4, -0.2) is 24.2 Å². The molecule has 1 saturated carbocycles. The molecule has 0 aromatic rings. The Bertz CT molecular complexity index is 258. The van der Waals surface area contributed by atoms with E-state index >= 15 is 0 Å². The van der Waals surface area contributed by atoms with Gasteiger partial charge in [0, 0.05) is 6.54 Å². The highest BCUT2D eigenvalue weighted by Gasteiger charge is 2.64. The summed E-state index contributed by atoms with van der Waals surface area (Å²) in [6.07, 6.45) is -2.34. The molecule has 7 heteroatoms. The van der Waals surface area contributed by atoms with Crippen molar-refractivity contribution in [1.29, 1.82) is 0 Å². The normalized spacial score (nSPS) is 19.4. The van der Waals surface area contributed by atoms with E-state index < -0.39 is 11.7 Å². The molecule has 0 aliphatic heterocycles. The van der Waals surface area contributed by atoms with Crippen molar-refractivity contribution in [3.8, 4) is 0 Å². The lowest BCUT2D eigenvalue weighted by Gasteiger charge is -2.22. The molecule has 0 spiro atoms. The van der Waals surface area contributed by atoms with Crippen LogP contribution in [-0.2, 0) is 0 Å². The summed E-state index contributed by atoms with van der Waals surface area (Å²) in [5, 5.41) is 2.34. The highest BCUT2D eigenvalue weighted by molar-refractivity contribution is 5.80. The van der Waals surface area contributed by atoms with Crippen molar-refractivity contribution in [2.24, 2.45) is 10.8 Å². The van der Waals surface area contributed by atoms with Gasteiger partial charge in [0.2, 0.25) is 5.96 Å². The Labute approximate surface area is 92.5 Å². The highest BCUT2D eigenvalue weighted by atomic mass is 19.4. The average molecular weight is 238 g/mol. The van der Waals surface area contributed by atoms with Crippen LogP contribution in [0.2, 0.25) is 0 Å². The summed E-state index contributed by atoms with van der Waals surface area (Å²) in [5.74, 6) is 5.14. The molecule has 1 aliphatic rings. The van der Waals surface area contributed by atoms with Crippen LogP contribution < -0.4 is 16.6 Å². The lowest BCUT2D eigenvalue weighted by molar-refractivity contribution is -0.161. The van der Waals surface area contributed by atoms with Gasteiger partial charge in [0.1, 0.15) is 5.54 Å². The molecule has 0 atom stereocenters. The van der Waals surface area contributed by atoms with Crippen molar-refractivity contribution in [2.45, 2.75) is 44.3 Å². The molecule has 0 bridgehead atoms. The molecular formula is C9H17F3N4. The number of hydrogen-bond donors (Lipinski definition) is 3. The monoisotopic (exact) mass is 238 g/mol. The highest BCUT2D eigenvalue weighted by Crippen LogP contribution is 2.48. The molecule has 4 N–H and O–H groups in total. The van der Waals surface area contributed by atoms with Crippen molar-refractivity contribution in [1.82, 2.24) is 10.7 Å². The quantitative estimate of drug-likeness (QED) is 0.227. The minimum Gasteiger partial charge on any atom is -0.341 e. The standard InChI is InChI=1S/C9H17F3N4/c1-2-3-6-14-7(16-13)15-8(4-5-8)9(10,11)12/h2-6,13H2,1H3,(H2,14,15,16). The second-order valence-corrected chi connectivity index (χ2v) is 3.93. The SMILES string of the molecule is CCCCN=C(NN)NC1(C(F)(F)F)CC1. The van der Waals surface area contributed by atoms with Crippen LogP contribution in [0.15, 0.2) is 4.99 Å². The van der Waals surface area contributed by atoms with Crippen molar-refractivity contribution in [2.75, 3.05) is 6.54 Å². The molecule has 16 heavy (non-hydrogen) atoms. The summed E-state index contributed by atoms with van der Waals surface area (Å²) in [6, 6.07) is 0. The zero-order valence-electron chi connectivity index (χ0n) is 9.19. The number of hydrazine groups is 1. The van der Waals surface area contributed by atoms with Gasteiger partial charge < -0.3 is 5.32 Å². The van der Waals surface area contributed by atoms with E-state index in [-0.39, 0.29) is 18.8 Å². The average Bonchev–Trinajstić information content (AvgIpc) is 2.97. The lowest BCUT2D eigenvalue weighted by Crippen LogP contribution is -2.53. The fourth-order valence-corrected chi connectivity index (χ4v) is 1.30. The van der Waals surface area contributed by atoms with Crippen LogP contribution in [0.5, 0.6) is 0 Å². The van der Waals surface area contributed by atoms with Gasteiger partial charge in [-0.3, -0.25) is 10.4 Å². The van der Waals surface area contributed by atoms with E-state index in [1.54, 1.807) is 0 Å². The molecule has 4 nitrogen and oxygen atoms in total. The van der Waals surface area contributed by atoms with E-state index in [0.717, 1.165) is 12.8 Å². The molecule has 94 valence electrons. The summed E-state index contributed by atoms with van der Waals surface area (Å²) in [5.41, 5.74) is 0.353. The third kappa shape index (κ3) is 3.01. The Balaban J connectivity index is 2.54. The number of nitrogens with one attached hydrogen (secondary N) is 2. The fraction of sp³-hybridized carbons (Fsp3) is 0.889. The number of nitrogens with zero attached hydrogens (tertiary/aromatic N) is 1. The Morgan fingerprint density at radius 1 is 1.44 bits per heavy atom. The predicted octanol–water partition coefficient (Wildman–Crippen LogP) is 1.29. The molecule has 0 unspecified atom stereocenters. The first kappa shape index (κ1) is 13.1. The Kier molecular flexibility index (Phi) is 4.01. The molecule has 1 aliphatic carbocycles. The van der Waals surface area contributed by atoms with E-state index in [1.807, 2.05) is 6.92 Å². The van der Waals surface area contributed by atoms with Crippen LogP contribution in [0, 0.1) is 0 Å². The van der Waals surface area contributed by atoms with E-state index in [4.69, 9.17) is 5.84 Å². The third-order valence-corrected chi connectivity index (χ3v) is 2.57. The maximum absolute atomic E-state index is 12.6. The Hall–Kier alpha value is -0.980. The molecule has 0 heterocycles. The first-order valence-electron chi connectivity index (χ1n) is 5.31. The van der Waals surface area contributed by atoms with Crippen LogP contribution >= 0.6 is 0 Å². The second kappa shape index (κ2) is 4.90. The number of rotatable bonds is 4. The zero-order valence-corrected chi connectivity index (χ0v) is 9.19. The molecule has 0 amide bonds. The molecule has 1 rings (SSSR count). The first-order valence-corrected chi connectivity index (χ1v) is 5.31. The lowest BCUT2D eigenvalue weighted by atomic mass is 10.2. The van der Waals surface area contributed by atoms with Crippen molar-refractivity contribution in [3.05, 3.63) is 0 Å². The van der Waals surface area contributed by atoms with Crippen LogP contribution in [0.1, 0.15) is 32.6 Å². The molecule has 0 aromatic carbocycles. The number of nitrogens with two attached hydrogens (primary N) is 1. The molecule has 1 fully saturated rings. The maximum Gasteiger partial charge on any atom is 0.411 e. The van der Waals surface area contributed by atoms with Gasteiger partial charge in [-0.05, 0) is 19.3 Å². The van der Waals surface area contributed by atoms with Gasteiger partial charge in [0.25, 0.3) is 0 Å². The van der Waals surface area contributed by atoms with E-state index in [0.29, 0.717) is 6.54 Å². The molecular weight excluding hydrogens is 221 g/mol. The molecule has 0 aromatic heterocycles. The van der Waals surface area contributed by atoms with Gasteiger partial charge in [-0.25, -0.2) is 5.84 Å². The van der Waals surface area contributed by atoms with Crippen LogP contribution in [0.4, 0.5) is 13.2 Å². The number of unbranched alkanes of at least 4 members (excludes halogenated alkanes) is 1. The number of alkyl halides is 3. The number of halogens is 3. The number of guanidine groups is 1. The van der Waals surface area contributed by atoms with Gasteiger partial charge in [-0.15, -0.1) is 0 Å². The summed E-state index contributed by atoms with van der Waals surface area (Å²) >= 11 is 0. The van der Waals surface area contributed by atoms with Crippen molar-refractivity contribution >= 4 is 5.96 Å².